The number of rotatable bonds is 9. The molecule has 0 aromatic carbocycles. The average Bonchev–Trinajstić information content (AvgIpc) is 2.70. The Morgan fingerprint density at radius 1 is 1.47 bits per heavy atom. The Morgan fingerprint density at radius 2 is 2.29 bits per heavy atom. The zero-order valence-corrected chi connectivity index (χ0v) is 12.8. The molecule has 0 saturated heterocycles. The molecule has 1 aromatic rings. The minimum absolute atomic E-state index is 0.377. The van der Waals surface area contributed by atoms with Crippen molar-refractivity contribution in [2.45, 2.75) is 19.4 Å². The fourth-order valence-electron chi connectivity index (χ4n) is 1.55. The average molecular weight is 322 g/mol. The number of hydrogen-bond acceptors (Lipinski definition) is 4. The molecule has 0 amide bonds. The van der Waals surface area contributed by atoms with Gasteiger partial charge in [-0.3, -0.25) is 0 Å². The maximum atomic E-state index is 5.57. The molecular weight excluding hydrogens is 302 g/mol. The quantitative estimate of drug-likeness (QED) is 0.709. The van der Waals surface area contributed by atoms with Gasteiger partial charge in [-0.1, -0.05) is 6.92 Å². The minimum atomic E-state index is 0.377. The molecule has 17 heavy (non-hydrogen) atoms. The standard InChI is InChI=1S/C12H20BrNO2S/c1-3-14-11(8-16-5-4-15-2)7-12-6-10(13)9-17-12/h6,9,11,14H,3-5,7-8H2,1-2H3. The van der Waals surface area contributed by atoms with Gasteiger partial charge in [-0.15, -0.1) is 11.3 Å². The Balaban J connectivity index is 2.32. The van der Waals surface area contributed by atoms with Gasteiger partial charge in [0.05, 0.1) is 19.8 Å². The largest absolute Gasteiger partial charge is 0.382 e. The molecule has 98 valence electrons. The van der Waals surface area contributed by atoms with Crippen molar-refractivity contribution in [2.75, 3.05) is 33.5 Å². The van der Waals surface area contributed by atoms with E-state index < -0.39 is 0 Å². The predicted molar refractivity (Wildman–Crippen MR) is 75.9 cm³/mol. The monoisotopic (exact) mass is 321 g/mol. The maximum Gasteiger partial charge on any atom is 0.0701 e. The summed E-state index contributed by atoms with van der Waals surface area (Å²) in [7, 11) is 1.69. The Morgan fingerprint density at radius 3 is 2.88 bits per heavy atom. The summed E-state index contributed by atoms with van der Waals surface area (Å²) in [4.78, 5) is 1.37. The van der Waals surface area contributed by atoms with E-state index in [1.165, 1.54) is 4.88 Å². The van der Waals surface area contributed by atoms with E-state index >= 15 is 0 Å². The van der Waals surface area contributed by atoms with Crippen LogP contribution in [-0.2, 0) is 15.9 Å². The third kappa shape index (κ3) is 6.52. The molecule has 1 aromatic heterocycles. The van der Waals surface area contributed by atoms with Crippen molar-refractivity contribution in [1.82, 2.24) is 5.32 Å². The second-order valence-corrected chi connectivity index (χ2v) is 5.67. The first-order valence-electron chi connectivity index (χ1n) is 5.79. The summed E-state index contributed by atoms with van der Waals surface area (Å²) in [6, 6.07) is 2.55. The highest BCUT2D eigenvalue weighted by Crippen LogP contribution is 2.21. The van der Waals surface area contributed by atoms with Gasteiger partial charge < -0.3 is 14.8 Å². The molecule has 0 aliphatic carbocycles. The first kappa shape index (κ1) is 15.1. The summed E-state index contributed by atoms with van der Waals surface area (Å²) in [5.41, 5.74) is 0. The van der Waals surface area contributed by atoms with Crippen LogP contribution in [-0.4, -0.2) is 39.5 Å². The molecule has 5 heteroatoms. The lowest BCUT2D eigenvalue weighted by molar-refractivity contribution is 0.0590. The van der Waals surface area contributed by atoms with Crippen LogP contribution in [0.15, 0.2) is 15.9 Å². The Kier molecular flexibility index (Phi) is 8.05. The Bertz CT molecular complexity index is 306. The Labute approximate surface area is 116 Å². The highest BCUT2D eigenvalue weighted by molar-refractivity contribution is 9.10. The van der Waals surface area contributed by atoms with Crippen molar-refractivity contribution in [3.63, 3.8) is 0 Å². The van der Waals surface area contributed by atoms with Crippen LogP contribution in [0.5, 0.6) is 0 Å². The van der Waals surface area contributed by atoms with E-state index in [0.29, 0.717) is 19.3 Å². The predicted octanol–water partition coefficient (Wildman–Crippen LogP) is 2.69. The zero-order chi connectivity index (χ0) is 12.5. The molecule has 3 nitrogen and oxygen atoms in total. The highest BCUT2D eigenvalue weighted by Gasteiger charge is 2.10. The fourth-order valence-corrected chi connectivity index (χ4v) is 3.08. The lowest BCUT2D eigenvalue weighted by atomic mass is 10.2. The van der Waals surface area contributed by atoms with Crippen LogP contribution in [0.3, 0.4) is 0 Å². The molecule has 1 heterocycles. The van der Waals surface area contributed by atoms with Gasteiger partial charge in [0.1, 0.15) is 0 Å². The van der Waals surface area contributed by atoms with Crippen molar-refractivity contribution in [3.8, 4) is 0 Å². The van der Waals surface area contributed by atoms with Crippen LogP contribution in [0.4, 0.5) is 0 Å². The summed E-state index contributed by atoms with van der Waals surface area (Å²) in [5, 5.41) is 5.56. The molecule has 1 atom stereocenters. The molecule has 1 rings (SSSR count). The second-order valence-electron chi connectivity index (χ2n) is 3.76. The lowest BCUT2D eigenvalue weighted by Crippen LogP contribution is -2.35. The molecule has 0 aliphatic heterocycles. The van der Waals surface area contributed by atoms with Gasteiger partial charge in [-0.2, -0.15) is 0 Å². The number of likely N-dealkylation sites (N-methyl/N-ethyl adjacent to an activating group) is 1. The smallest absolute Gasteiger partial charge is 0.0701 e. The van der Waals surface area contributed by atoms with E-state index in [9.17, 15) is 0 Å². The summed E-state index contributed by atoms with van der Waals surface area (Å²) >= 11 is 5.26. The topological polar surface area (TPSA) is 30.5 Å². The third-order valence-corrected chi connectivity index (χ3v) is 4.03. The van der Waals surface area contributed by atoms with Gasteiger partial charge in [0, 0.05) is 27.9 Å². The van der Waals surface area contributed by atoms with Gasteiger partial charge in [0.15, 0.2) is 0 Å². The van der Waals surface area contributed by atoms with E-state index in [-0.39, 0.29) is 0 Å². The van der Waals surface area contributed by atoms with Crippen LogP contribution < -0.4 is 5.32 Å². The minimum Gasteiger partial charge on any atom is -0.382 e. The van der Waals surface area contributed by atoms with E-state index in [0.717, 1.165) is 24.0 Å². The van der Waals surface area contributed by atoms with Gasteiger partial charge in [0.25, 0.3) is 0 Å². The number of halogens is 1. The number of ether oxygens (including phenoxy) is 2. The molecule has 1 unspecified atom stereocenters. The zero-order valence-electron chi connectivity index (χ0n) is 10.4. The van der Waals surface area contributed by atoms with Gasteiger partial charge in [-0.05, 0) is 35.0 Å². The van der Waals surface area contributed by atoms with Crippen molar-refractivity contribution >= 4 is 27.3 Å². The van der Waals surface area contributed by atoms with E-state index in [1.54, 1.807) is 18.4 Å². The first-order chi connectivity index (χ1) is 8.26. The van der Waals surface area contributed by atoms with Gasteiger partial charge >= 0.3 is 0 Å². The molecule has 0 spiro atoms. The van der Waals surface area contributed by atoms with E-state index in [4.69, 9.17) is 9.47 Å². The molecule has 0 fully saturated rings. The van der Waals surface area contributed by atoms with E-state index in [1.807, 2.05) is 0 Å². The molecule has 0 saturated carbocycles. The molecule has 1 N–H and O–H groups in total. The summed E-state index contributed by atoms with van der Waals surface area (Å²) in [6.07, 6.45) is 1.01. The molecular formula is C12H20BrNO2S. The molecule has 0 aliphatic rings. The van der Waals surface area contributed by atoms with E-state index in [2.05, 4.69) is 39.6 Å². The maximum absolute atomic E-state index is 5.57. The summed E-state index contributed by atoms with van der Waals surface area (Å²) in [5.74, 6) is 0. The highest BCUT2D eigenvalue weighted by atomic mass is 79.9. The van der Waals surface area contributed by atoms with Crippen LogP contribution in [0, 0.1) is 0 Å². The number of hydrogen-bond donors (Lipinski definition) is 1. The van der Waals surface area contributed by atoms with Gasteiger partial charge in [0.2, 0.25) is 0 Å². The lowest BCUT2D eigenvalue weighted by Gasteiger charge is -2.17. The Hall–Kier alpha value is 0.0600. The third-order valence-electron chi connectivity index (χ3n) is 2.31. The number of nitrogens with one attached hydrogen (secondary N) is 1. The van der Waals surface area contributed by atoms with Crippen molar-refractivity contribution in [1.29, 1.82) is 0 Å². The van der Waals surface area contributed by atoms with Crippen molar-refractivity contribution in [3.05, 3.63) is 20.8 Å². The first-order valence-corrected chi connectivity index (χ1v) is 7.46. The van der Waals surface area contributed by atoms with Gasteiger partial charge in [-0.25, -0.2) is 0 Å². The number of thiophene rings is 1. The van der Waals surface area contributed by atoms with Crippen LogP contribution in [0.25, 0.3) is 0 Å². The number of methoxy groups -OCH3 is 1. The SMILES string of the molecule is CCNC(COCCOC)Cc1cc(Br)cs1. The summed E-state index contributed by atoms with van der Waals surface area (Å²) < 4.78 is 11.7. The van der Waals surface area contributed by atoms with Crippen molar-refractivity contribution in [2.24, 2.45) is 0 Å². The molecule has 0 bridgehead atoms. The van der Waals surface area contributed by atoms with Crippen LogP contribution in [0.1, 0.15) is 11.8 Å². The van der Waals surface area contributed by atoms with Crippen molar-refractivity contribution < 1.29 is 9.47 Å². The van der Waals surface area contributed by atoms with Crippen LogP contribution >= 0.6 is 27.3 Å². The van der Waals surface area contributed by atoms with Crippen LogP contribution in [0.2, 0.25) is 0 Å². The normalized spacial score (nSPS) is 12.9. The fraction of sp³-hybridized carbons (Fsp3) is 0.667. The second kappa shape index (κ2) is 9.05. The summed E-state index contributed by atoms with van der Waals surface area (Å²) in [6.45, 7) is 5.12. The molecule has 0 radical (unpaired) electrons.